The number of fused-ring (bicyclic) bond motifs is 1. The van der Waals surface area contributed by atoms with Gasteiger partial charge < -0.3 is 18.9 Å². The third-order valence-corrected chi connectivity index (χ3v) is 6.37. The molecule has 4 rings (SSSR count). The Morgan fingerprint density at radius 1 is 1.14 bits per heavy atom. The van der Waals surface area contributed by atoms with Crippen molar-refractivity contribution >= 4 is 22.9 Å². The van der Waals surface area contributed by atoms with Gasteiger partial charge in [-0.2, -0.15) is 4.98 Å². The van der Waals surface area contributed by atoms with E-state index in [1.807, 2.05) is 19.3 Å². The van der Waals surface area contributed by atoms with Crippen LogP contribution in [-0.4, -0.2) is 58.2 Å². The quantitative estimate of drug-likeness (QED) is 0.339. The minimum atomic E-state index is 0.250. The van der Waals surface area contributed by atoms with Gasteiger partial charge in [0.05, 0.1) is 26.1 Å². The number of unbranched alkanes of at least 4 members (excludes halogenated alkanes) is 2. The molecule has 0 bridgehead atoms. The van der Waals surface area contributed by atoms with Crippen molar-refractivity contribution in [3.05, 3.63) is 36.2 Å². The lowest BCUT2D eigenvalue weighted by Gasteiger charge is -2.27. The SMILES string of the molecule is CCC(=O)CCCCCOCc1cccc(-c2nc(N3CCOCC3)nc3c2ncn3C(C)C)c1. The van der Waals surface area contributed by atoms with Crippen LogP contribution in [0.15, 0.2) is 30.6 Å². The molecular formula is C27H37N5O3. The van der Waals surface area contributed by atoms with Crippen molar-refractivity contribution in [3.8, 4) is 11.3 Å². The second-order valence-corrected chi connectivity index (χ2v) is 9.35. The first kappa shape index (κ1) is 25.3. The van der Waals surface area contributed by atoms with Crippen LogP contribution in [0.1, 0.15) is 64.5 Å². The number of imidazole rings is 1. The molecule has 1 saturated heterocycles. The number of carbonyl (C=O) groups is 1. The van der Waals surface area contributed by atoms with E-state index in [4.69, 9.17) is 24.4 Å². The van der Waals surface area contributed by atoms with Crippen LogP contribution in [0.25, 0.3) is 22.4 Å². The van der Waals surface area contributed by atoms with Gasteiger partial charge in [-0.3, -0.25) is 4.79 Å². The van der Waals surface area contributed by atoms with E-state index >= 15 is 0 Å². The van der Waals surface area contributed by atoms with Crippen molar-refractivity contribution in [3.63, 3.8) is 0 Å². The number of nitrogens with zero attached hydrogens (tertiary/aromatic N) is 5. The molecule has 0 atom stereocenters. The summed E-state index contributed by atoms with van der Waals surface area (Å²) in [5.41, 5.74) is 4.63. The fraction of sp³-hybridized carbons (Fsp3) is 0.556. The Kier molecular flexibility index (Phi) is 8.82. The molecule has 0 amide bonds. The van der Waals surface area contributed by atoms with Gasteiger partial charge in [0, 0.05) is 44.1 Å². The molecule has 3 aromatic rings. The van der Waals surface area contributed by atoms with E-state index < -0.39 is 0 Å². The normalized spacial score (nSPS) is 14.2. The molecule has 2 aromatic heterocycles. The van der Waals surface area contributed by atoms with E-state index in [-0.39, 0.29) is 6.04 Å². The molecule has 0 saturated carbocycles. The van der Waals surface area contributed by atoms with Crippen LogP contribution in [0.4, 0.5) is 5.95 Å². The molecule has 35 heavy (non-hydrogen) atoms. The first-order valence-electron chi connectivity index (χ1n) is 12.8. The lowest BCUT2D eigenvalue weighted by atomic mass is 10.1. The van der Waals surface area contributed by atoms with E-state index in [1.165, 1.54) is 0 Å². The zero-order chi connectivity index (χ0) is 24.6. The Morgan fingerprint density at radius 3 is 2.74 bits per heavy atom. The number of morpholine rings is 1. The van der Waals surface area contributed by atoms with Gasteiger partial charge in [0.2, 0.25) is 5.95 Å². The maximum absolute atomic E-state index is 11.4. The summed E-state index contributed by atoms with van der Waals surface area (Å²) in [4.78, 5) is 28.2. The van der Waals surface area contributed by atoms with Crippen LogP contribution in [0.5, 0.6) is 0 Å². The minimum Gasteiger partial charge on any atom is -0.378 e. The third kappa shape index (κ3) is 6.44. The third-order valence-electron chi connectivity index (χ3n) is 6.37. The Balaban J connectivity index is 1.49. The number of aromatic nitrogens is 4. The molecule has 1 fully saturated rings. The van der Waals surface area contributed by atoms with Crippen LogP contribution >= 0.6 is 0 Å². The predicted octanol–water partition coefficient (Wildman–Crippen LogP) is 4.97. The summed E-state index contributed by atoms with van der Waals surface area (Å²) in [5, 5.41) is 0. The van der Waals surface area contributed by atoms with Crippen molar-refractivity contribution in [1.29, 1.82) is 0 Å². The maximum Gasteiger partial charge on any atom is 0.228 e. The summed E-state index contributed by atoms with van der Waals surface area (Å²) < 4.78 is 13.6. The Morgan fingerprint density at radius 2 is 1.97 bits per heavy atom. The number of anilines is 1. The lowest BCUT2D eigenvalue weighted by molar-refractivity contribution is -0.118. The predicted molar refractivity (Wildman–Crippen MR) is 138 cm³/mol. The molecule has 0 unspecified atom stereocenters. The van der Waals surface area contributed by atoms with Gasteiger partial charge in [0.15, 0.2) is 5.65 Å². The first-order chi connectivity index (χ1) is 17.1. The van der Waals surface area contributed by atoms with Gasteiger partial charge in [0.25, 0.3) is 0 Å². The Hall–Kier alpha value is -2.84. The van der Waals surface area contributed by atoms with Gasteiger partial charge in [-0.05, 0) is 38.3 Å². The largest absolute Gasteiger partial charge is 0.378 e. The van der Waals surface area contributed by atoms with E-state index in [9.17, 15) is 4.79 Å². The molecule has 188 valence electrons. The van der Waals surface area contributed by atoms with Gasteiger partial charge in [0.1, 0.15) is 17.0 Å². The zero-order valence-electron chi connectivity index (χ0n) is 21.2. The van der Waals surface area contributed by atoms with E-state index in [0.717, 1.165) is 66.3 Å². The van der Waals surface area contributed by atoms with Crippen molar-refractivity contribution in [1.82, 2.24) is 19.5 Å². The molecule has 0 aliphatic carbocycles. The Bertz CT molecular complexity index is 1120. The highest BCUT2D eigenvalue weighted by atomic mass is 16.5. The van der Waals surface area contributed by atoms with Crippen LogP contribution < -0.4 is 4.90 Å². The number of ether oxygens (including phenoxy) is 2. The molecule has 8 heteroatoms. The molecule has 1 aliphatic rings. The lowest BCUT2D eigenvalue weighted by Crippen LogP contribution is -2.37. The van der Waals surface area contributed by atoms with Crippen LogP contribution in [0, 0.1) is 0 Å². The average Bonchev–Trinajstić information content (AvgIpc) is 3.32. The number of hydrogen-bond acceptors (Lipinski definition) is 7. The fourth-order valence-corrected chi connectivity index (χ4v) is 4.27. The van der Waals surface area contributed by atoms with Crippen molar-refractivity contribution in [2.45, 2.75) is 65.5 Å². The number of ketones is 1. The number of Topliss-reactive ketones (excluding diaryl/α,β-unsaturated/α-hetero) is 1. The minimum absolute atomic E-state index is 0.250. The van der Waals surface area contributed by atoms with Crippen molar-refractivity contribution < 1.29 is 14.3 Å². The van der Waals surface area contributed by atoms with E-state index in [2.05, 4.69) is 41.5 Å². The summed E-state index contributed by atoms with van der Waals surface area (Å²) in [6.07, 6.45) is 6.12. The monoisotopic (exact) mass is 479 g/mol. The second kappa shape index (κ2) is 12.2. The molecule has 0 N–H and O–H groups in total. The molecule has 0 spiro atoms. The van der Waals surface area contributed by atoms with Gasteiger partial charge >= 0.3 is 0 Å². The Labute approximate surface area is 207 Å². The van der Waals surface area contributed by atoms with Gasteiger partial charge in [-0.15, -0.1) is 0 Å². The molecule has 1 aromatic carbocycles. The maximum atomic E-state index is 11.4. The number of hydrogen-bond donors (Lipinski definition) is 0. The average molecular weight is 480 g/mol. The summed E-state index contributed by atoms with van der Waals surface area (Å²) >= 11 is 0. The molecular weight excluding hydrogens is 442 g/mol. The van der Waals surface area contributed by atoms with Crippen LogP contribution in [0.2, 0.25) is 0 Å². The first-order valence-corrected chi connectivity index (χ1v) is 12.8. The molecule has 8 nitrogen and oxygen atoms in total. The zero-order valence-corrected chi connectivity index (χ0v) is 21.2. The highest BCUT2D eigenvalue weighted by Crippen LogP contribution is 2.29. The van der Waals surface area contributed by atoms with E-state index in [1.54, 1.807) is 0 Å². The molecule has 1 aliphatic heterocycles. The number of benzene rings is 1. The fourth-order valence-electron chi connectivity index (χ4n) is 4.27. The van der Waals surface area contributed by atoms with E-state index in [0.29, 0.717) is 45.1 Å². The van der Waals surface area contributed by atoms with Crippen LogP contribution in [0.3, 0.4) is 0 Å². The number of rotatable bonds is 12. The van der Waals surface area contributed by atoms with Gasteiger partial charge in [-0.1, -0.05) is 31.5 Å². The molecule has 3 heterocycles. The van der Waals surface area contributed by atoms with Crippen LogP contribution in [-0.2, 0) is 20.9 Å². The summed E-state index contributed by atoms with van der Waals surface area (Å²) in [5.74, 6) is 1.07. The summed E-state index contributed by atoms with van der Waals surface area (Å²) in [6.45, 7) is 10.4. The molecule has 0 radical (unpaired) electrons. The number of carbonyl (C=O) groups excluding carboxylic acids is 1. The standard InChI is InChI=1S/C27H37N5O3/c1-4-23(33)11-6-5-7-14-35-18-21-9-8-10-22(17-21)24-25-26(32(19-28-25)20(2)3)30-27(29-24)31-12-15-34-16-13-31/h8-10,17,19-20H,4-7,11-16,18H2,1-3H3. The topological polar surface area (TPSA) is 82.4 Å². The van der Waals surface area contributed by atoms with Crippen molar-refractivity contribution in [2.75, 3.05) is 37.8 Å². The van der Waals surface area contributed by atoms with Gasteiger partial charge in [-0.25, -0.2) is 9.97 Å². The summed E-state index contributed by atoms with van der Waals surface area (Å²) in [7, 11) is 0. The summed E-state index contributed by atoms with van der Waals surface area (Å²) in [6, 6.07) is 8.59. The van der Waals surface area contributed by atoms with Crippen molar-refractivity contribution in [2.24, 2.45) is 0 Å². The highest BCUT2D eigenvalue weighted by molar-refractivity contribution is 5.88. The smallest absolute Gasteiger partial charge is 0.228 e. The highest BCUT2D eigenvalue weighted by Gasteiger charge is 2.21. The second-order valence-electron chi connectivity index (χ2n) is 9.35.